The summed E-state index contributed by atoms with van der Waals surface area (Å²) < 4.78 is 0. The van der Waals surface area contributed by atoms with E-state index < -0.39 is 0 Å². The fraction of sp³-hybridized carbons (Fsp3) is 0.619. The first kappa shape index (κ1) is 18.7. The third kappa shape index (κ3) is 4.57. The summed E-state index contributed by atoms with van der Waals surface area (Å²) >= 11 is 0. The lowest BCUT2D eigenvalue weighted by Gasteiger charge is -2.41. The number of nitrogens with one attached hydrogen (secondary N) is 2. The molecule has 5 heteroatoms. The summed E-state index contributed by atoms with van der Waals surface area (Å²) in [6.45, 7) is 5.63. The van der Waals surface area contributed by atoms with Gasteiger partial charge in [0.1, 0.15) is 0 Å². The molecule has 0 bridgehead atoms. The molecule has 1 aromatic carbocycles. The van der Waals surface area contributed by atoms with E-state index in [-0.39, 0.29) is 5.91 Å². The molecule has 2 aliphatic rings. The number of guanidine groups is 1. The van der Waals surface area contributed by atoms with Crippen molar-refractivity contribution in [2.75, 3.05) is 20.1 Å². The first-order valence-electron chi connectivity index (χ1n) is 9.94. The summed E-state index contributed by atoms with van der Waals surface area (Å²) in [4.78, 5) is 18.1. The maximum atomic E-state index is 11.8. The predicted octanol–water partition coefficient (Wildman–Crippen LogP) is 3.05. The van der Waals surface area contributed by atoms with Crippen LogP contribution in [0.25, 0.3) is 0 Å². The van der Waals surface area contributed by atoms with Crippen molar-refractivity contribution in [3.05, 3.63) is 35.4 Å². The second-order valence-electron chi connectivity index (χ2n) is 7.73. The highest BCUT2D eigenvalue weighted by Gasteiger charge is 2.34. The predicted molar refractivity (Wildman–Crippen MR) is 106 cm³/mol. The van der Waals surface area contributed by atoms with Crippen molar-refractivity contribution >= 4 is 11.9 Å². The average Bonchev–Trinajstić information content (AvgIpc) is 3.02. The van der Waals surface area contributed by atoms with Gasteiger partial charge in [0.25, 0.3) is 0 Å². The highest BCUT2D eigenvalue weighted by Crippen LogP contribution is 2.42. The van der Waals surface area contributed by atoms with Gasteiger partial charge < -0.3 is 15.5 Å². The number of nitrogens with zero attached hydrogens (tertiary/aromatic N) is 2. The zero-order chi connectivity index (χ0) is 18.4. The monoisotopic (exact) mass is 356 g/mol. The number of amides is 1. The van der Waals surface area contributed by atoms with Crippen LogP contribution in [0.2, 0.25) is 0 Å². The quantitative estimate of drug-likeness (QED) is 0.583. The van der Waals surface area contributed by atoms with Gasteiger partial charge in [0.05, 0.1) is 0 Å². The summed E-state index contributed by atoms with van der Waals surface area (Å²) in [5, 5.41) is 6.92. The summed E-state index contributed by atoms with van der Waals surface area (Å²) in [6, 6.07) is 8.48. The fourth-order valence-electron chi connectivity index (χ4n) is 3.94. The van der Waals surface area contributed by atoms with Crippen LogP contribution in [-0.2, 0) is 17.9 Å². The molecule has 0 radical (unpaired) electrons. The standard InChI is InChI=1S/C21H32N4O/c1-3-21(10-6-11-21)16-24-20(22-2)23-14-17-7-4-8-18(13-17)15-25-12-5-9-19(25)26/h4,7-8,13H,3,5-6,9-12,14-16H2,1-2H3,(H2,22,23,24). The molecule has 5 nitrogen and oxygen atoms in total. The SMILES string of the molecule is CCC1(CNC(=NC)NCc2cccc(CN3CCCC3=O)c2)CCC1. The van der Waals surface area contributed by atoms with Gasteiger partial charge >= 0.3 is 0 Å². The summed E-state index contributed by atoms with van der Waals surface area (Å²) in [5.74, 6) is 1.14. The van der Waals surface area contributed by atoms with Crippen LogP contribution < -0.4 is 10.6 Å². The number of hydrogen-bond donors (Lipinski definition) is 2. The second kappa shape index (κ2) is 8.56. The molecule has 1 amide bonds. The molecule has 1 heterocycles. The van der Waals surface area contributed by atoms with Crippen LogP contribution >= 0.6 is 0 Å². The topological polar surface area (TPSA) is 56.7 Å². The Morgan fingerprint density at radius 2 is 2.04 bits per heavy atom. The molecule has 1 aliphatic heterocycles. The summed E-state index contributed by atoms with van der Waals surface area (Å²) in [6.07, 6.45) is 6.92. The summed E-state index contributed by atoms with van der Waals surface area (Å²) in [7, 11) is 1.82. The van der Waals surface area contributed by atoms with Gasteiger partial charge in [-0.3, -0.25) is 9.79 Å². The van der Waals surface area contributed by atoms with Gasteiger partial charge in [-0.1, -0.05) is 37.6 Å². The highest BCUT2D eigenvalue weighted by atomic mass is 16.2. The zero-order valence-electron chi connectivity index (χ0n) is 16.2. The van der Waals surface area contributed by atoms with E-state index in [4.69, 9.17) is 0 Å². The normalized spacial score (nSPS) is 19.4. The van der Waals surface area contributed by atoms with Crippen molar-refractivity contribution in [1.82, 2.24) is 15.5 Å². The molecule has 1 saturated heterocycles. The van der Waals surface area contributed by atoms with E-state index in [1.165, 1.54) is 36.8 Å². The van der Waals surface area contributed by atoms with E-state index in [1.807, 2.05) is 11.9 Å². The molecule has 2 fully saturated rings. The van der Waals surface area contributed by atoms with E-state index in [0.29, 0.717) is 11.8 Å². The first-order valence-corrected chi connectivity index (χ1v) is 9.94. The Kier molecular flexibility index (Phi) is 6.17. The van der Waals surface area contributed by atoms with Gasteiger partial charge in [-0.05, 0) is 42.2 Å². The van der Waals surface area contributed by atoms with Crippen LogP contribution in [0.4, 0.5) is 0 Å². The molecular weight excluding hydrogens is 324 g/mol. The zero-order valence-corrected chi connectivity index (χ0v) is 16.2. The number of rotatable bonds is 7. The van der Waals surface area contributed by atoms with E-state index in [2.05, 4.69) is 46.8 Å². The van der Waals surface area contributed by atoms with E-state index >= 15 is 0 Å². The molecule has 142 valence electrons. The highest BCUT2D eigenvalue weighted by molar-refractivity contribution is 5.79. The number of aliphatic imine (C=N–C) groups is 1. The maximum Gasteiger partial charge on any atom is 0.222 e. The Bertz CT molecular complexity index is 646. The average molecular weight is 357 g/mol. The largest absolute Gasteiger partial charge is 0.356 e. The Balaban J connectivity index is 1.50. The van der Waals surface area contributed by atoms with Gasteiger partial charge in [0.15, 0.2) is 5.96 Å². The molecule has 0 spiro atoms. The van der Waals surface area contributed by atoms with E-state index in [1.54, 1.807) is 0 Å². The Hall–Kier alpha value is -2.04. The molecule has 0 aromatic heterocycles. The van der Waals surface area contributed by atoms with Gasteiger partial charge in [-0.2, -0.15) is 0 Å². The van der Waals surface area contributed by atoms with Crippen molar-refractivity contribution in [2.24, 2.45) is 10.4 Å². The second-order valence-corrected chi connectivity index (χ2v) is 7.73. The fourth-order valence-corrected chi connectivity index (χ4v) is 3.94. The Morgan fingerprint density at radius 1 is 1.23 bits per heavy atom. The molecule has 0 atom stereocenters. The van der Waals surface area contributed by atoms with E-state index in [0.717, 1.165) is 38.6 Å². The van der Waals surface area contributed by atoms with Crippen LogP contribution in [-0.4, -0.2) is 36.9 Å². The number of carbonyl (C=O) groups excluding carboxylic acids is 1. The third-order valence-electron chi connectivity index (χ3n) is 6.01. The third-order valence-corrected chi connectivity index (χ3v) is 6.01. The van der Waals surface area contributed by atoms with Crippen LogP contribution in [0.5, 0.6) is 0 Å². The van der Waals surface area contributed by atoms with Crippen molar-refractivity contribution in [3.8, 4) is 0 Å². The lowest BCUT2D eigenvalue weighted by atomic mass is 9.67. The Morgan fingerprint density at radius 3 is 2.65 bits per heavy atom. The molecule has 3 rings (SSSR count). The van der Waals surface area contributed by atoms with Crippen LogP contribution in [0, 0.1) is 5.41 Å². The van der Waals surface area contributed by atoms with Crippen molar-refractivity contribution in [3.63, 3.8) is 0 Å². The molecule has 1 aromatic rings. The molecule has 26 heavy (non-hydrogen) atoms. The summed E-state index contributed by atoms with van der Waals surface area (Å²) in [5.41, 5.74) is 2.88. The molecule has 0 unspecified atom stereocenters. The van der Waals surface area contributed by atoms with Gasteiger partial charge in [0, 0.05) is 39.6 Å². The number of carbonyl (C=O) groups is 1. The van der Waals surface area contributed by atoms with Gasteiger partial charge in [-0.25, -0.2) is 0 Å². The molecule has 1 aliphatic carbocycles. The molecule has 1 saturated carbocycles. The van der Waals surface area contributed by atoms with Crippen LogP contribution in [0.3, 0.4) is 0 Å². The van der Waals surface area contributed by atoms with Gasteiger partial charge in [-0.15, -0.1) is 0 Å². The Labute approximate surface area is 157 Å². The first-order chi connectivity index (χ1) is 12.6. The van der Waals surface area contributed by atoms with Crippen molar-refractivity contribution in [1.29, 1.82) is 0 Å². The van der Waals surface area contributed by atoms with Crippen molar-refractivity contribution < 1.29 is 4.79 Å². The smallest absolute Gasteiger partial charge is 0.222 e. The van der Waals surface area contributed by atoms with Crippen LogP contribution in [0.1, 0.15) is 56.6 Å². The minimum absolute atomic E-state index is 0.277. The number of hydrogen-bond acceptors (Lipinski definition) is 2. The maximum absolute atomic E-state index is 11.8. The lowest BCUT2D eigenvalue weighted by molar-refractivity contribution is -0.128. The number of benzene rings is 1. The van der Waals surface area contributed by atoms with Gasteiger partial charge in [0.2, 0.25) is 5.91 Å². The van der Waals surface area contributed by atoms with Crippen LogP contribution in [0.15, 0.2) is 29.3 Å². The van der Waals surface area contributed by atoms with E-state index in [9.17, 15) is 4.79 Å². The minimum atomic E-state index is 0.277. The molecular formula is C21H32N4O. The lowest BCUT2D eigenvalue weighted by Crippen LogP contribution is -2.46. The number of likely N-dealkylation sites (tertiary alicyclic amines) is 1. The van der Waals surface area contributed by atoms with Crippen molar-refractivity contribution in [2.45, 2.75) is 58.5 Å². The molecule has 2 N–H and O–H groups in total. The minimum Gasteiger partial charge on any atom is -0.356 e.